The van der Waals surface area contributed by atoms with Gasteiger partial charge in [0.1, 0.15) is 5.76 Å². The molecule has 1 aromatic carbocycles. The van der Waals surface area contributed by atoms with Crippen LogP contribution in [0.4, 0.5) is 0 Å². The van der Waals surface area contributed by atoms with E-state index < -0.39 is 10.0 Å². The fourth-order valence-corrected chi connectivity index (χ4v) is 4.84. The number of nitrogens with one attached hydrogen (secondary N) is 2. The zero-order valence-corrected chi connectivity index (χ0v) is 18.1. The number of benzene rings is 1. The number of sulfonamides is 1. The summed E-state index contributed by atoms with van der Waals surface area (Å²) in [5.41, 5.74) is 1.74. The Hall–Kier alpha value is -2.39. The third-order valence-electron chi connectivity index (χ3n) is 5.01. The first kappa shape index (κ1) is 21.3. The van der Waals surface area contributed by atoms with Crippen LogP contribution in [0.2, 0.25) is 0 Å². The topological polar surface area (TPSA) is 99.8 Å². The molecule has 0 atom stereocenters. The van der Waals surface area contributed by atoms with Crippen LogP contribution in [-0.4, -0.2) is 43.8 Å². The predicted octanol–water partition coefficient (Wildman–Crippen LogP) is 2.33. The molecule has 1 aliphatic heterocycles. The minimum Gasteiger partial charge on any atom is -0.444 e. The van der Waals surface area contributed by atoms with E-state index in [0.717, 1.165) is 36.3 Å². The maximum Gasteiger partial charge on any atom is 0.243 e. The van der Waals surface area contributed by atoms with Crippen molar-refractivity contribution in [3.63, 3.8) is 0 Å². The molecule has 1 aliphatic rings. The molecule has 9 heteroatoms. The number of guanidine groups is 1. The lowest BCUT2D eigenvalue weighted by molar-refractivity contribution is 0.346. The molecule has 0 amide bonds. The third kappa shape index (κ3) is 5.36. The molecule has 1 aromatic heterocycles. The molecule has 0 unspecified atom stereocenters. The Morgan fingerprint density at radius 1 is 1.17 bits per heavy atom. The molecule has 29 heavy (non-hydrogen) atoms. The standard InChI is InChI=1S/C20H29N5O3S/c1-15-16(2)28-19(24-15)14-23-20(21-3)22-13-17-8-7-9-18(12-17)29(26,27)25-10-5-4-6-11-25/h7-9,12H,4-6,10-11,13-14H2,1-3H3,(H2,21,22,23). The highest BCUT2D eigenvalue weighted by Crippen LogP contribution is 2.21. The Morgan fingerprint density at radius 3 is 2.55 bits per heavy atom. The Balaban J connectivity index is 1.60. The average molecular weight is 420 g/mol. The molecule has 0 radical (unpaired) electrons. The van der Waals surface area contributed by atoms with Crippen molar-refractivity contribution < 1.29 is 12.8 Å². The fraction of sp³-hybridized carbons (Fsp3) is 0.500. The number of oxazole rings is 1. The second-order valence-electron chi connectivity index (χ2n) is 7.14. The number of aromatic nitrogens is 1. The lowest BCUT2D eigenvalue weighted by Gasteiger charge is -2.26. The summed E-state index contributed by atoms with van der Waals surface area (Å²) in [5.74, 6) is 1.98. The Labute approximate surface area is 172 Å². The van der Waals surface area contributed by atoms with E-state index in [9.17, 15) is 8.42 Å². The molecule has 8 nitrogen and oxygen atoms in total. The van der Waals surface area contributed by atoms with Gasteiger partial charge in [-0.2, -0.15) is 4.31 Å². The summed E-state index contributed by atoms with van der Waals surface area (Å²) in [6.45, 7) is 5.84. The normalized spacial score (nSPS) is 16.0. The summed E-state index contributed by atoms with van der Waals surface area (Å²) in [6.07, 6.45) is 2.94. The lowest BCUT2D eigenvalue weighted by atomic mass is 10.2. The highest BCUT2D eigenvalue weighted by Gasteiger charge is 2.25. The Kier molecular flexibility index (Phi) is 6.92. The van der Waals surface area contributed by atoms with Crippen LogP contribution in [0.3, 0.4) is 0 Å². The van der Waals surface area contributed by atoms with E-state index in [1.165, 1.54) is 0 Å². The minimum absolute atomic E-state index is 0.340. The van der Waals surface area contributed by atoms with Crippen molar-refractivity contribution in [2.45, 2.75) is 51.1 Å². The summed E-state index contributed by atoms with van der Waals surface area (Å²) >= 11 is 0. The third-order valence-corrected chi connectivity index (χ3v) is 6.91. The van der Waals surface area contributed by atoms with E-state index in [-0.39, 0.29) is 0 Å². The first-order valence-electron chi connectivity index (χ1n) is 9.86. The van der Waals surface area contributed by atoms with Gasteiger partial charge in [-0.15, -0.1) is 0 Å². The van der Waals surface area contributed by atoms with Crippen molar-refractivity contribution in [2.24, 2.45) is 4.99 Å². The van der Waals surface area contributed by atoms with Gasteiger partial charge in [-0.05, 0) is 44.4 Å². The van der Waals surface area contributed by atoms with Crippen molar-refractivity contribution in [3.05, 3.63) is 47.2 Å². The van der Waals surface area contributed by atoms with Crippen molar-refractivity contribution in [3.8, 4) is 0 Å². The van der Waals surface area contributed by atoms with E-state index in [0.29, 0.717) is 42.9 Å². The first-order valence-corrected chi connectivity index (χ1v) is 11.3. The zero-order valence-electron chi connectivity index (χ0n) is 17.2. The highest BCUT2D eigenvalue weighted by atomic mass is 32.2. The van der Waals surface area contributed by atoms with Crippen LogP contribution in [-0.2, 0) is 23.1 Å². The number of nitrogens with zero attached hydrogens (tertiary/aromatic N) is 3. The summed E-state index contributed by atoms with van der Waals surface area (Å²) in [7, 11) is -1.76. The van der Waals surface area contributed by atoms with Crippen molar-refractivity contribution in [1.29, 1.82) is 0 Å². The first-order chi connectivity index (χ1) is 13.9. The van der Waals surface area contributed by atoms with Crippen LogP contribution in [0.25, 0.3) is 0 Å². The van der Waals surface area contributed by atoms with Gasteiger partial charge >= 0.3 is 0 Å². The van der Waals surface area contributed by atoms with Crippen LogP contribution in [0.1, 0.15) is 42.2 Å². The number of rotatable bonds is 6. The fourth-order valence-electron chi connectivity index (χ4n) is 3.25. The molecule has 0 saturated carbocycles. The van der Waals surface area contributed by atoms with Gasteiger partial charge in [0.05, 0.1) is 17.1 Å². The number of hydrogen-bond acceptors (Lipinski definition) is 5. The van der Waals surface area contributed by atoms with Crippen LogP contribution >= 0.6 is 0 Å². The molecule has 2 heterocycles. The lowest BCUT2D eigenvalue weighted by Crippen LogP contribution is -2.37. The Morgan fingerprint density at radius 2 is 1.90 bits per heavy atom. The highest BCUT2D eigenvalue weighted by molar-refractivity contribution is 7.89. The molecule has 0 bridgehead atoms. The molecule has 158 valence electrons. The van der Waals surface area contributed by atoms with E-state index >= 15 is 0 Å². The number of hydrogen-bond donors (Lipinski definition) is 2. The van der Waals surface area contributed by atoms with Crippen molar-refractivity contribution in [2.75, 3.05) is 20.1 Å². The molecule has 1 saturated heterocycles. The number of aryl methyl sites for hydroxylation is 2. The van der Waals surface area contributed by atoms with E-state index in [4.69, 9.17) is 4.42 Å². The molecule has 2 N–H and O–H groups in total. The molecular weight excluding hydrogens is 390 g/mol. The SMILES string of the molecule is CN=C(NCc1cccc(S(=O)(=O)N2CCCCC2)c1)NCc1nc(C)c(C)o1. The molecular formula is C20H29N5O3S. The quantitative estimate of drug-likeness (QED) is 0.551. The summed E-state index contributed by atoms with van der Waals surface area (Å²) in [6, 6.07) is 7.07. The second kappa shape index (κ2) is 9.41. The number of aliphatic imine (C=N–C) groups is 1. The average Bonchev–Trinajstić information content (AvgIpc) is 3.06. The van der Waals surface area contributed by atoms with E-state index in [1.807, 2.05) is 19.9 Å². The van der Waals surface area contributed by atoms with Crippen molar-refractivity contribution >= 4 is 16.0 Å². The van der Waals surface area contributed by atoms with Gasteiger partial charge in [0.25, 0.3) is 0 Å². The van der Waals surface area contributed by atoms with Crippen LogP contribution < -0.4 is 10.6 Å². The zero-order chi connectivity index (χ0) is 20.9. The van der Waals surface area contributed by atoms with E-state index in [1.54, 1.807) is 29.6 Å². The summed E-state index contributed by atoms with van der Waals surface area (Å²) < 4.78 is 32.9. The van der Waals surface area contributed by atoms with Gasteiger partial charge in [-0.3, -0.25) is 4.99 Å². The predicted molar refractivity (Wildman–Crippen MR) is 112 cm³/mol. The molecule has 0 spiro atoms. The molecule has 1 fully saturated rings. The monoisotopic (exact) mass is 419 g/mol. The molecule has 0 aliphatic carbocycles. The summed E-state index contributed by atoms with van der Waals surface area (Å²) in [4.78, 5) is 8.87. The number of piperidine rings is 1. The van der Waals surface area contributed by atoms with Gasteiger partial charge < -0.3 is 15.1 Å². The van der Waals surface area contributed by atoms with Crippen LogP contribution in [0.5, 0.6) is 0 Å². The van der Waals surface area contributed by atoms with E-state index in [2.05, 4.69) is 20.6 Å². The van der Waals surface area contributed by atoms with Gasteiger partial charge in [0.2, 0.25) is 15.9 Å². The maximum absolute atomic E-state index is 12.9. The van der Waals surface area contributed by atoms with Gasteiger partial charge in [-0.1, -0.05) is 18.6 Å². The maximum atomic E-state index is 12.9. The smallest absolute Gasteiger partial charge is 0.243 e. The second-order valence-corrected chi connectivity index (χ2v) is 9.08. The van der Waals surface area contributed by atoms with Crippen molar-refractivity contribution in [1.82, 2.24) is 19.9 Å². The Bertz CT molecular complexity index is 943. The largest absolute Gasteiger partial charge is 0.444 e. The van der Waals surface area contributed by atoms with Gasteiger partial charge in [0, 0.05) is 26.7 Å². The summed E-state index contributed by atoms with van der Waals surface area (Å²) in [5, 5.41) is 6.35. The van der Waals surface area contributed by atoms with Gasteiger partial charge in [-0.25, -0.2) is 13.4 Å². The van der Waals surface area contributed by atoms with Crippen LogP contribution in [0.15, 0.2) is 38.6 Å². The molecule has 3 rings (SSSR count). The minimum atomic E-state index is -3.44. The van der Waals surface area contributed by atoms with Gasteiger partial charge in [0.15, 0.2) is 5.96 Å². The van der Waals surface area contributed by atoms with Crippen LogP contribution in [0, 0.1) is 13.8 Å². The molecule has 2 aromatic rings.